The van der Waals surface area contributed by atoms with Gasteiger partial charge in [-0.2, -0.15) is 0 Å². The summed E-state index contributed by atoms with van der Waals surface area (Å²) < 4.78 is 0. The van der Waals surface area contributed by atoms with Crippen molar-refractivity contribution in [3.63, 3.8) is 0 Å². The molecular formula is C13H17NO4. The van der Waals surface area contributed by atoms with Gasteiger partial charge < -0.3 is 20.6 Å². The van der Waals surface area contributed by atoms with Gasteiger partial charge in [-0.1, -0.05) is 24.3 Å². The molecule has 0 bridgehead atoms. The standard InChI is InChI=1S/C13H17NO4/c15-7-12(16)10-4-2-1-3-9(10)11-5-8(6-14-11)13(17)18/h1-4,8,11-12,14-16H,5-7H2,(H,17,18). The van der Waals surface area contributed by atoms with Crippen LogP contribution in [-0.2, 0) is 4.79 Å². The molecule has 0 aromatic heterocycles. The van der Waals surface area contributed by atoms with Crippen molar-refractivity contribution in [1.82, 2.24) is 5.32 Å². The lowest BCUT2D eigenvalue weighted by atomic mass is 9.94. The SMILES string of the molecule is O=C(O)C1CNC(c2ccccc2C(O)CO)C1. The van der Waals surface area contributed by atoms with E-state index >= 15 is 0 Å². The molecule has 0 radical (unpaired) electrons. The van der Waals surface area contributed by atoms with Gasteiger partial charge in [0.15, 0.2) is 0 Å². The minimum atomic E-state index is -0.924. The highest BCUT2D eigenvalue weighted by Gasteiger charge is 2.31. The summed E-state index contributed by atoms with van der Waals surface area (Å²) in [5, 5.41) is 30.9. The molecule has 0 aliphatic carbocycles. The van der Waals surface area contributed by atoms with Crippen LogP contribution in [0.4, 0.5) is 0 Å². The van der Waals surface area contributed by atoms with Crippen molar-refractivity contribution in [2.45, 2.75) is 18.6 Å². The fourth-order valence-corrected chi connectivity index (χ4v) is 2.39. The molecule has 5 heteroatoms. The maximum Gasteiger partial charge on any atom is 0.307 e. The Morgan fingerprint density at radius 1 is 1.44 bits per heavy atom. The summed E-state index contributed by atoms with van der Waals surface area (Å²) in [5.41, 5.74) is 1.52. The Morgan fingerprint density at radius 2 is 2.17 bits per heavy atom. The topological polar surface area (TPSA) is 89.8 Å². The van der Waals surface area contributed by atoms with E-state index in [0.29, 0.717) is 18.5 Å². The molecule has 0 amide bonds. The van der Waals surface area contributed by atoms with Gasteiger partial charge in [0.2, 0.25) is 0 Å². The molecule has 1 aliphatic heterocycles. The molecule has 0 spiro atoms. The van der Waals surface area contributed by atoms with Crippen LogP contribution in [0.2, 0.25) is 0 Å². The van der Waals surface area contributed by atoms with Crippen LogP contribution in [-0.4, -0.2) is 34.4 Å². The van der Waals surface area contributed by atoms with E-state index in [4.69, 9.17) is 10.2 Å². The third-order valence-corrected chi connectivity index (χ3v) is 3.38. The van der Waals surface area contributed by atoms with E-state index < -0.39 is 18.0 Å². The van der Waals surface area contributed by atoms with Crippen molar-refractivity contribution < 1.29 is 20.1 Å². The first-order valence-electron chi connectivity index (χ1n) is 5.97. The van der Waals surface area contributed by atoms with E-state index in [9.17, 15) is 9.90 Å². The van der Waals surface area contributed by atoms with Gasteiger partial charge in [-0.15, -0.1) is 0 Å². The maximum absolute atomic E-state index is 10.9. The zero-order valence-electron chi connectivity index (χ0n) is 9.91. The van der Waals surface area contributed by atoms with Gasteiger partial charge >= 0.3 is 5.97 Å². The number of carboxylic acids is 1. The number of aliphatic hydroxyl groups excluding tert-OH is 2. The van der Waals surface area contributed by atoms with Crippen LogP contribution < -0.4 is 5.32 Å². The van der Waals surface area contributed by atoms with E-state index in [1.165, 1.54) is 0 Å². The van der Waals surface area contributed by atoms with Crippen LogP contribution in [0.1, 0.15) is 29.7 Å². The average Bonchev–Trinajstić information content (AvgIpc) is 2.87. The Balaban J connectivity index is 2.21. The molecule has 18 heavy (non-hydrogen) atoms. The number of hydrogen-bond acceptors (Lipinski definition) is 4. The van der Waals surface area contributed by atoms with E-state index in [1.54, 1.807) is 12.1 Å². The number of carboxylic acid groups (broad SMARTS) is 1. The van der Waals surface area contributed by atoms with Gasteiger partial charge in [-0.3, -0.25) is 4.79 Å². The normalized spacial score (nSPS) is 25.0. The second kappa shape index (κ2) is 5.48. The van der Waals surface area contributed by atoms with Crippen molar-refractivity contribution in [2.24, 2.45) is 5.92 Å². The lowest BCUT2D eigenvalue weighted by Gasteiger charge is -2.18. The van der Waals surface area contributed by atoms with Gasteiger partial charge in [0.05, 0.1) is 12.5 Å². The zero-order chi connectivity index (χ0) is 13.1. The zero-order valence-corrected chi connectivity index (χ0v) is 9.91. The summed E-state index contributed by atoms with van der Waals surface area (Å²) in [6.07, 6.45) is -0.420. The molecule has 1 aromatic carbocycles. The summed E-state index contributed by atoms with van der Waals surface area (Å²) in [4.78, 5) is 10.9. The minimum absolute atomic E-state index is 0.0801. The quantitative estimate of drug-likeness (QED) is 0.624. The summed E-state index contributed by atoms with van der Waals surface area (Å²) in [6.45, 7) is 0.0929. The van der Waals surface area contributed by atoms with Crippen molar-refractivity contribution in [3.05, 3.63) is 35.4 Å². The van der Waals surface area contributed by atoms with Gasteiger partial charge in [-0.05, 0) is 17.5 Å². The molecule has 98 valence electrons. The Kier molecular flexibility index (Phi) is 3.96. The van der Waals surface area contributed by atoms with Gasteiger partial charge in [0, 0.05) is 12.6 Å². The van der Waals surface area contributed by atoms with Crippen molar-refractivity contribution >= 4 is 5.97 Å². The lowest BCUT2D eigenvalue weighted by molar-refractivity contribution is -0.141. The number of aliphatic carboxylic acids is 1. The Bertz CT molecular complexity index is 435. The maximum atomic E-state index is 10.9. The molecule has 3 unspecified atom stereocenters. The van der Waals surface area contributed by atoms with Crippen LogP contribution in [0.25, 0.3) is 0 Å². The first kappa shape index (κ1) is 13.0. The fraction of sp³-hybridized carbons (Fsp3) is 0.462. The molecular weight excluding hydrogens is 234 g/mol. The fourth-order valence-electron chi connectivity index (χ4n) is 2.39. The monoisotopic (exact) mass is 251 g/mol. The number of rotatable bonds is 4. The molecule has 1 aromatic rings. The molecule has 1 saturated heterocycles. The number of carbonyl (C=O) groups is 1. The molecule has 1 aliphatic rings. The Labute approximate surface area is 105 Å². The second-order valence-electron chi connectivity index (χ2n) is 4.56. The van der Waals surface area contributed by atoms with Crippen LogP contribution in [0.5, 0.6) is 0 Å². The van der Waals surface area contributed by atoms with E-state index in [1.807, 2.05) is 12.1 Å². The predicted molar refractivity (Wildman–Crippen MR) is 65.0 cm³/mol. The van der Waals surface area contributed by atoms with Crippen LogP contribution in [0.15, 0.2) is 24.3 Å². The molecule has 0 saturated carbocycles. The van der Waals surface area contributed by atoms with Gasteiger partial charge in [0.1, 0.15) is 6.10 Å². The van der Waals surface area contributed by atoms with Gasteiger partial charge in [-0.25, -0.2) is 0 Å². The van der Waals surface area contributed by atoms with Crippen LogP contribution in [0, 0.1) is 5.92 Å². The van der Waals surface area contributed by atoms with Crippen molar-refractivity contribution in [3.8, 4) is 0 Å². The largest absolute Gasteiger partial charge is 0.481 e. The number of nitrogens with one attached hydrogen (secondary N) is 1. The highest BCUT2D eigenvalue weighted by molar-refractivity contribution is 5.70. The average molecular weight is 251 g/mol. The molecule has 2 rings (SSSR count). The molecule has 4 N–H and O–H groups in total. The predicted octanol–water partition coefficient (Wildman–Crippen LogP) is 0.447. The number of aliphatic hydroxyl groups is 2. The minimum Gasteiger partial charge on any atom is -0.481 e. The molecule has 1 fully saturated rings. The highest BCUT2D eigenvalue weighted by Crippen LogP contribution is 2.31. The summed E-state index contributed by atoms with van der Waals surface area (Å²) in [6, 6.07) is 7.17. The summed E-state index contributed by atoms with van der Waals surface area (Å²) >= 11 is 0. The lowest BCUT2D eigenvalue weighted by Crippen LogP contribution is -2.18. The van der Waals surface area contributed by atoms with Crippen LogP contribution in [0.3, 0.4) is 0 Å². The summed E-state index contributed by atoms with van der Waals surface area (Å²) in [7, 11) is 0. The molecule has 5 nitrogen and oxygen atoms in total. The first-order chi connectivity index (χ1) is 8.63. The first-order valence-corrected chi connectivity index (χ1v) is 5.97. The third kappa shape index (κ3) is 2.53. The van der Waals surface area contributed by atoms with E-state index in [2.05, 4.69) is 5.32 Å². The third-order valence-electron chi connectivity index (χ3n) is 3.38. The van der Waals surface area contributed by atoms with Crippen molar-refractivity contribution in [1.29, 1.82) is 0 Å². The molecule has 1 heterocycles. The molecule has 3 atom stereocenters. The highest BCUT2D eigenvalue weighted by atomic mass is 16.4. The smallest absolute Gasteiger partial charge is 0.307 e. The van der Waals surface area contributed by atoms with Gasteiger partial charge in [0.25, 0.3) is 0 Å². The number of benzene rings is 1. The Hall–Kier alpha value is -1.43. The van der Waals surface area contributed by atoms with E-state index in [-0.39, 0.29) is 12.6 Å². The van der Waals surface area contributed by atoms with Crippen LogP contribution >= 0.6 is 0 Å². The summed E-state index contributed by atoms with van der Waals surface area (Å²) in [5.74, 6) is -1.19. The van der Waals surface area contributed by atoms with Crippen molar-refractivity contribution in [2.75, 3.05) is 13.2 Å². The second-order valence-corrected chi connectivity index (χ2v) is 4.56. The number of hydrogen-bond donors (Lipinski definition) is 4. The van der Waals surface area contributed by atoms with E-state index in [0.717, 1.165) is 5.56 Å². The Morgan fingerprint density at radius 3 is 2.78 bits per heavy atom.